The molecule has 0 radical (unpaired) electrons. The molecule has 0 aromatic carbocycles. The Balaban J connectivity index is 1.30. The Morgan fingerprint density at radius 1 is 0.896 bits per heavy atom. The molecule has 1 aliphatic heterocycles. The normalized spacial score (nSPS) is 20.1. The first kappa shape index (κ1) is 58.9. The number of hydrogen-bond acceptors (Lipinski definition) is 18. The topological polar surface area (TPSA) is 364 Å². The fraction of sp³-hybridized carbons (Fsp3) is 0.795. The molecule has 0 bridgehead atoms. The Hall–Kier alpha value is -2.44. The number of nitrogens with zero attached hydrogens (tertiary/aromatic N) is 4. The van der Waals surface area contributed by atoms with Gasteiger partial charge in [-0.3, -0.25) is 32.5 Å². The van der Waals surface area contributed by atoms with Gasteiger partial charge >= 0.3 is 23.5 Å². The highest BCUT2D eigenvalue weighted by molar-refractivity contribution is 8.13. The number of fused-ring (bicyclic) bond motifs is 1. The maximum absolute atomic E-state index is 12.7. The molecular formula is C39H70N7O17P3S. The monoisotopic (exact) mass is 1040 g/mol. The van der Waals surface area contributed by atoms with Crippen LogP contribution in [0.15, 0.2) is 12.7 Å². The summed E-state index contributed by atoms with van der Waals surface area (Å²) in [6.45, 7) is 2.82. The summed E-state index contributed by atoms with van der Waals surface area (Å²) in [6, 6.07) is 0. The van der Waals surface area contributed by atoms with E-state index >= 15 is 0 Å². The number of nitrogen functional groups attached to an aromatic ring is 1. The first-order valence-corrected chi connectivity index (χ1v) is 28.1. The van der Waals surface area contributed by atoms with Gasteiger partial charge in [0.1, 0.15) is 36.3 Å². The van der Waals surface area contributed by atoms with Gasteiger partial charge in [0, 0.05) is 37.1 Å². The van der Waals surface area contributed by atoms with Gasteiger partial charge in [-0.15, -0.1) is 0 Å². The van der Waals surface area contributed by atoms with Gasteiger partial charge < -0.3 is 50.9 Å². The quantitative estimate of drug-likeness (QED) is 0.0326. The van der Waals surface area contributed by atoms with E-state index in [4.69, 9.17) is 19.5 Å². The number of ether oxygens (including phenoxy) is 1. The van der Waals surface area contributed by atoms with E-state index in [1.807, 2.05) is 0 Å². The molecule has 3 rings (SSSR count). The molecule has 0 aliphatic carbocycles. The standard InChI is InChI=1S/C39H70N7O17P3S/c1-4-5-6-7-8-9-10-11-12-13-14-15-16-17-18-19-30(48)67-23-22-41-29(47)20-21-42-37(51)34(50)39(2,3)25-60-66(57,58)63-65(55,56)59-24-28-33(62-64(52,53)54)32(49)38(61-28)46-27-45-31-35(40)43-26-44-36(31)46/h26-28,32-34,38,49-50H,4-25H2,1-3H3,(H,41,47)(H,42,51)(H,55,56)(H,57,58)(H2,40,43,44)(H2,52,53,54)/t28-,32-,33-,34+,38-/m1/s1/i30+2. The molecule has 28 heteroatoms. The van der Waals surface area contributed by atoms with Crippen LogP contribution in [0, 0.1) is 5.41 Å². The molecule has 1 saturated heterocycles. The van der Waals surface area contributed by atoms with Crippen molar-refractivity contribution in [1.82, 2.24) is 30.2 Å². The van der Waals surface area contributed by atoms with E-state index in [1.54, 1.807) is 0 Å². The van der Waals surface area contributed by atoms with E-state index in [9.17, 15) is 57.9 Å². The van der Waals surface area contributed by atoms with Gasteiger partial charge in [0.15, 0.2) is 22.8 Å². The lowest BCUT2D eigenvalue weighted by Gasteiger charge is -2.30. The van der Waals surface area contributed by atoms with Crippen LogP contribution in [0.5, 0.6) is 0 Å². The average molecular weight is 1040 g/mol. The van der Waals surface area contributed by atoms with Crippen LogP contribution < -0.4 is 16.4 Å². The Bertz CT molecular complexity index is 2000. The summed E-state index contributed by atoms with van der Waals surface area (Å²) in [4.78, 5) is 88.4. The van der Waals surface area contributed by atoms with Crippen molar-refractivity contribution in [3.8, 4) is 0 Å². The van der Waals surface area contributed by atoms with Gasteiger partial charge in [-0.05, 0) is 6.42 Å². The molecule has 2 aromatic heterocycles. The maximum Gasteiger partial charge on any atom is 0.481 e. The van der Waals surface area contributed by atoms with Crippen LogP contribution >= 0.6 is 35.2 Å². The molecule has 1 fully saturated rings. The first-order chi connectivity index (χ1) is 31.6. The Labute approximate surface area is 395 Å². The lowest BCUT2D eigenvalue weighted by molar-refractivity contribution is -0.137. The molecule has 2 unspecified atom stereocenters. The number of imidazole rings is 1. The number of aliphatic hydroxyl groups is 2. The molecule has 24 nitrogen and oxygen atoms in total. The first-order valence-electron chi connectivity index (χ1n) is 22.6. The van der Waals surface area contributed by atoms with Crippen LogP contribution in [0.2, 0.25) is 0 Å². The second-order valence-electron chi connectivity index (χ2n) is 17.0. The highest BCUT2D eigenvalue weighted by atomic mass is 32.2. The van der Waals surface area contributed by atoms with Crippen molar-refractivity contribution in [3.05, 3.63) is 12.7 Å². The van der Waals surface area contributed by atoms with Crippen molar-refractivity contribution in [3.63, 3.8) is 0 Å². The number of thioether (sulfide) groups is 1. The summed E-state index contributed by atoms with van der Waals surface area (Å²) in [6.07, 6.45) is 12.3. The van der Waals surface area contributed by atoms with E-state index in [0.717, 1.165) is 48.2 Å². The van der Waals surface area contributed by atoms with Gasteiger partial charge in [-0.2, -0.15) is 4.31 Å². The fourth-order valence-electron chi connectivity index (χ4n) is 7.01. The number of carbonyl (C=O) groups excluding carboxylic acids is 3. The number of aliphatic hydroxyl groups excluding tert-OH is 2. The molecule has 7 atom stereocenters. The number of nitrogens with two attached hydrogens (primary N) is 1. The van der Waals surface area contributed by atoms with Crippen LogP contribution in [-0.4, -0.2) is 123 Å². The molecule has 384 valence electrons. The predicted molar refractivity (Wildman–Crippen MR) is 247 cm³/mol. The minimum Gasteiger partial charge on any atom is -0.386 e. The summed E-state index contributed by atoms with van der Waals surface area (Å²) in [7, 11) is -16.4. The Morgan fingerprint density at radius 3 is 2.07 bits per heavy atom. The minimum atomic E-state index is -5.57. The zero-order valence-electron chi connectivity index (χ0n) is 38.4. The van der Waals surface area contributed by atoms with Crippen LogP contribution in [0.4, 0.5) is 5.82 Å². The largest absolute Gasteiger partial charge is 0.481 e. The molecule has 2 amide bonds. The maximum atomic E-state index is 12.7. The number of amides is 2. The van der Waals surface area contributed by atoms with E-state index in [1.165, 1.54) is 90.9 Å². The van der Waals surface area contributed by atoms with Gasteiger partial charge in [-0.25, -0.2) is 28.6 Å². The second kappa shape index (κ2) is 29.0. The Kier molecular flexibility index (Phi) is 25.5. The molecule has 0 saturated carbocycles. The third kappa shape index (κ3) is 22.0. The summed E-state index contributed by atoms with van der Waals surface area (Å²) in [5.41, 5.74) is 4.29. The lowest BCUT2D eigenvalue weighted by Crippen LogP contribution is -2.46. The van der Waals surface area contributed by atoms with Crippen LogP contribution in [0.25, 0.3) is 11.2 Å². The van der Waals surface area contributed by atoms with Crippen LogP contribution in [0.1, 0.15) is 136 Å². The smallest absolute Gasteiger partial charge is 0.386 e. The molecule has 0 spiro atoms. The Morgan fingerprint density at radius 2 is 1.48 bits per heavy atom. The van der Waals surface area contributed by atoms with Crippen LogP contribution in [0.3, 0.4) is 0 Å². The number of nitrogens with one attached hydrogen (secondary N) is 2. The van der Waals surface area contributed by atoms with Crippen molar-refractivity contribution in [2.24, 2.45) is 5.41 Å². The molecule has 3 heterocycles. The fourth-order valence-corrected chi connectivity index (χ4v) is 10.6. The van der Waals surface area contributed by atoms with Crippen LogP contribution in [-0.2, 0) is 50.7 Å². The number of anilines is 1. The highest BCUT2D eigenvalue weighted by Crippen LogP contribution is 2.61. The SMILES string of the molecule is CCCCCCCCCCCCCCCCC[14C](=O)SCCNC(=O)CCNC(=O)[C@H](O)C(C)(C)COP(=O)(O)OP(=O)(O)OC[C@H]1O[C@@H](n2cnc3c(N)ncnc32)[C@H](O)[C@@H]1OP(=O)(O)O. The van der Waals surface area contributed by atoms with Crippen molar-refractivity contribution in [1.29, 1.82) is 0 Å². The minimum absolute atomic E-state index is 0.0340. The summed E-state index contributed by atoms with van der Waals surface area (Å²) in [5.74, 6) is -1.02. The molecular weight excluding hydrogens is 965 g/mol. The molecule has 2 aromatic rings. The number of phosphoric ester groups is 3. The van der Waals surface area contributed by atoms with Gasteiger partial charge in [0.25, 0.3) is 0 Å². The van der Waals surface area contributed by atoms with Gasteiger partial charge in [-0.1, -0.05) is 122 Å². The van der Waals surface area contributed by atoms with Crippen molar-refractivity contribution in [2.75, 3.05) is 37.8 Å². The number of unbranched alkanes of at least 4 members (excludes halogenated alkanes) is 14. The molecule has 1 aliphatic rings. The van der Waals surface area contributed by atoms with E-state index in [-0.39, 0.29) is 41.6 Å². The van der Waals surface area contributed by atoms with Crippen molar-refractivity contribution < 1.29 is 80.5 Å². The summed E-state index contributed by atoms with van der Waals surface area (Å²) < 4.78 is 62.4. The number of aromatic nitrogens is 4. The summed E-state index contributed by atoms with van der Waals surface area (Å²) >= 11 is 1.16. The third-order valence-electron chi connectivity index (χ3n) is 10.7. The number of rotatable bonds is 35. The van der Waals surface area contributed by atoms with Gasteiger partial charge in [0.05, 0.1) is 19.5 Å². The number of phosphoric acid groups is 3. The zero-order chi connectivity index (χ0) is 49.7. The van der Waals surface area contributed by atoms with Crippen molar-refractivity contribution in [2.45, 2.75) is 161 Å². The highest BCUT2D eigenvalue weighted by Gasteiger charge is 2.50. The number of hydrogen-bond donors (Lipinski definition) is 9. The summed E-state index contributed by atoms with van der Waals surface area (Å²) in [5, 5.41) is 26.7. The second-order valence-corrected chi connectivity index (χ2v) is 22.4. The predicted octanol–water partition coefficient (Wildman–Crippen LogP) is 4.93. The average Bonchev–Trinajstić information content (AvgIpc) is 3.81. The zero-order valence-corrected chi connectivity index (χ0v) is 41.9. The van der Waals surface area contributed by atoms with E-state index < -0.39 is 84.6 Å². The number of carbonyl (C=O) groups is 3. The van der Waals surface area contributed by atoms with Crippen molar-refractivity contribution >= 4 is 69.1 Å². The molecule has 10 N–H and O–H groups in total. The van der Waals surface area contributed by atoms with E-state index in [0.29, 0.717) is 12.2 Å². The van der Waals surface area contributed by atoms with E-state index in [2.05, 4.69) is 41.3 Å². The third-order valence-corrected chi connectivity index (χ3v) is 14.8. The molecule has 67 heavy (non-hydrogen) atoms. The lowest BCUT2D eigenvalue weighted by atomic mass is 9.87. The van der Waals surface area contributed by atoms with Gasteiger partial charge in [0.2, 0.25) is 11.8 Å².